The maximum Gasteiger partial charge on any atom is 0.301 e. The molecule has 0 spiro atoms. The average molecular weight is 431 g/mol. The first kappa shape index (κ1) is 20.7. The van der Waals surface area contributed by atoms with Crippen LogP contribution in [-0.2, 0) is 9.59 Å². The van der Waals surface area contributed by atoms with Crippen molar-refractivity contribution in [2.45, 2.75) is 6.04 Å². The molecule has 1 aromatic heterocycles. The summed E-state index contributed by atoms with van der Waals surface area (Å²) in [4.78, 5) is 41.9. The van der Waals surface area contributed by atoms with Gasteiger partial charge in [-0.25, -0.2) is 4.98 Å². The molecule has 1 aliphatic rings. The molecule has 1 aliphatic heterocycles. The zero-order valence-electron chi connectivity index (χ0n) is 16.8. The number of nitro benzene ring substituents is 1. The highest BCUT2D eigenvalue weighted by molar-refractivity contribution is 6.51. The van der Waals surface area contributed by atoms with Crippen LogP contribution < -0.4 is 9.64 Å². The molecule has 0 saturated carbocycles. The van der Waals surface area contributed by atoms with E-state index in [2.05, 4.69) is 4.98 Å². The fraction of sp³-hybridized carbons (Fsp3) is 0.0870. The second-order valence-corrected chi connectivity index (χ2v) is 6.93. The number of benzene rings is 2. The van der Waals surface area contributed by atoms with Crippen molar-refractivity contribution in [3.05, 3.63) is 99.7 Å². The van der Waals surface area contributed by atoms with Crippen LogP contribution in [0, 0.1) is 10.1 Å². The van der Waals surface area contributed by atoms with Gasteiger partial charge in [-0.15, -0.1) is 0 Å². The van der Waals surface area contributed by atoms with Crippen LogP contribution in [0.2, 0.25) is 0 Å². The Morgan fingerprint density at radius 3 is 2.31 bits per heavy atom. The Hall–Kier alpha value is -4.53. The highest BCUT2D eigenvalue weighted by atomic mass is 16.6. The molecule has 2 aromatic carbocycles. The van der Waals surface area contributed by atoms with Crippen LogP contribution in [-0.4, -0.2) is 33.8 Å². The number of ketones is 1. The molecular formula is C23H17N3O6. The number of anilines is 1. The van der Waals surface area contributed by atoms with Crippen molar-refractivity contribution in [2.75, 3.05) is 12.0 Å². The second-order valence-electron chi connectivity index (χ2n) is 6.93. The third-order valence-corrected chi connectivity index (χ3v) is 5.12. The van der Waals surface area contributed by atoms with Gasteiger partial charge in [-0.3, -0.25) is 24.6 Å². The smallest absolute Gasteiger partial charge is 0.301 e. The number of rotatable bonds is 5. The summed E-state index contributed by atoms with van der Waals surface area (Å²) in [6.07, 6.45) is 1.48. The standard InChI is InChI=1S/C23H17N3O6/c1-32-17-11-7-15(8-12-17)21(27)19-20(14-5-9-16(10-6-14)26(30)31)25(23(29)22(19)28)18-4-2-3-13-24-18/h2-13,20,27H,1H3/b21-19+/t20-/m0/s1. The monoisotopic (exact) mass is 431 g/mol. The van der Waals surface area contributed by atoms with Crippen LogP contribution in [0.4, 0.5) is 11.5 Å². The number of amides is 1. The number of non-ortho nitro benzene ring substituents is 1. The Bertz CT molecular complexity index is 1220. The van der Waals surface area contributed by atoms with Gasteiger partial charge in [-0.05, 0) is 54.1 Å². The van der Waals surface area contributed by atoms with Gasteiger partial charge < -0.3 is 9.84 Å². The highest BCUT2D eigenvalue weighted by Gasteiger charge is 2.47. The van der Waals surface area contributed by atoms with Gasteiger partial charge in [0.05, 0.1) is 23.6 Å². The van der Waals surface area contributed by atoms with Gasteiger partial charge in [0, 0.05) is 23.9 Å². The molecule has 0 bridgehead atoms. The minimum Gasteiger partial charge on any atom is -0.507 e. The minimum absolute atomic E-state index is 0.139. The molecule has 1 fully saturated rings. The zero-order chi connectivity index (χ0) is 22.8. The zero-order valence-corrected chi connectivity index (χ0v) is 16.8. The predicted molar refractivity (Wildman–Crippen MR) is 115 cm³/mol. The van der Waals surface area contributed by atoms with Gasteiger partial charge >= 0.3 is 5.91 Å². The summed E-state index contributed by atoms with van der Waals surface area (Å²) in [7, 11) is 1.50. The SMILES string of the molecule is COc1ccc(/C(O)=C2\C(=O)C(=O)N(c3ccccn3)[C@H]2c2ccc([N+](=O)[O-])cc2)cc1. The molecule has 9 heteroatoms. The van der Waals surface area contributed by atoms with E-state index in [1.807, 2.05) is 0 Å². The summed E-state index contributed by atoms with van der Waals surface area (Å²) in [5.74, 6) is -1.34. The van der Waals surface area contributed by atoms with Crippen molar-refractivity contribution in [1.82, 2.24) is 4.98 Å². The Kier molecular flexibility index (Phi) is 5.38. The van der Waals surface area contributed by atoms with Gasteiger partial charge in [0.25, 0.3) is 11.5 Å². The van der Waals surface area contributed by atoms with Crippen LogP contribution in [0.5, 0.6) is 5.75 Å². The summed E-state index contributed by atoms with van der Waals surface area (Å²) in [5, 5.41) is 22.1. The molecule has 1 N–H and O–H groups in total. The van der Waals surface area contributed by atoms with Crippen LogP contribution in [0.1, 0.15) is 17.2 Å². The highest BCUT2D eigenvalue weighted by Crippen LogP contribution is 2.41. The first-order chi connectivity index (χ1) is 15.4. The van der Waals surface area contributed by atoms with Crippen molar-refractivity contribution >= 4 is 29.0 Å². The van der Waals surface area contributed by atoms with E-state index >= 15 is 0 Å². The van der Waals surface area contributed by atoms with Crippen molar-refractivity contribution in [3.8, 4) is 5.75 Å². The number of hydrogen-bond donors (Lipinski definition) is 1. The molecule has 9 nitrogen and oxygen atoms in total. The molecule has 2 heterocycles. The number of aliphatic hydroxyl groups is 1. The third-order valence-electron chi connectivity index (χ3n) is 5.12. The number of hydrogen-bond acceptors (Lipinski definition) is 7. The average Bonchev–Trinajstić information content (AvgIpc) is 3.09. The van der Waals surface area contributed by atoms with Crippen molar-refractivity contribution in [3.63, 3.8) is 0 Å². The van der Waals surface area contributed by atoms with E-state index in [1.165, 1.54) is 42.5 Å². The molecule has 0 radical (unpaired) electrons. The summed E-state index contributed by atoms with van der Waals surface area (Å²) in [5.41, 5.74) is 0.450. The Balaban J connectivity index is 1.90. The first-order valence-electron chi connectivity index (χ1n) is 9.53. The van der Waals surface area contributed by atoms with E-state index in [0.717, 1.165) is 0 Å². The van der Waals surface area contributed by atoms with Gasteiger partial charge in [-0.1, -0.05) is 6.07 Å². The number of carbonyl (C=O) groups is 2. The molecule has 160 valence electrons. The summed E-state index contributed by atoms with van der Waals surface area (Å²) < 4.78 is 5.12. The fourth-order valence-electron chi connectivity index (χ4n) is 3.56. The maximum atomic E-state index is 13.0. The van der Waals surface area contributed by atoms with Gasteiger partial charge in [0.15, 0.2) is 0 Å². The minimum atomic E-state index is -1.02. The number of Topliss-reactive ketones (excluding diaryl/α,β-unsaturated/α-hetero) is 1. The lowest BCUT2D eigenvalue weighted by Crippen LogP contribution is -2.30. The predicted octanol–water partition coefficient (Wildman–Crippen LogP) is 3.62. The number of ether oxygens (including phenoxy) is 1. The van der Waals surface area contributed by atoms with E-state index in [-0.39, 0.29) is 22.8 Å². The van der Waals surface area contributed by atoms with Gasteiger partial charge in [0.1, 0.15) is 17.3 Å². The molecular weight excluding hydrogens is 414 g/mol. The quantitative estimate of drug-likeness (QED) is 0.215. The number of aliphatic hydroxyl groups excluding tert-OH is 1. The van der Waals surface area contributed by atoms with Crippen molar-refractivity contribution in [2.24, 2.45) is 0 Å². The second kappa shape index (κ2) is 8.31. The maximum absolute atomic E-state index is 13.0. The molecule has 0 aliphatic carbocycles. The van der Waals surface area contributed by atoms with Crippen LogP contribution in [0.15, 0.2) is 78.5 Å². The summed E-state index contributed by atoms with van der Waals surface area (Å²) >= 11 is 0. The fourth-order valence-corrected chi connectivity index (χ4v) is 3.56. The van der Waals surface area contributed by atoms with E-state index < -0.39 is 22.7 Å². The molecule has 3 aromatic rings. The van der Waals surface area contributed by atoms with Crippen LogP contribution in [0.3, 0.4) is 0 Å². The van der Waals surface area contributed by atoms with Gasteiger partial charge in [0.2, 0.25) is 0 Å². The number of methoxy groups -OCH3 is 1. The number of pyridine rings is 1. The molecule has 1 atom stereocenters. The Morgan fingerprint density at radius 2 is 1.75 bits per heavy atom. The number of nitrogens with zero attached hydrogens (tertiary/aromatic N) is 3. The summed E-state index contributed by atoms with van der Waals surface area (Å²) in [6.45, 7) is 0. The lowest BCUT2D eigenvalue weighted by molar-refractivity contribution is -0.384. The topological polar surface area (TPSA) is 123 Å². The number of nitro groups is 1. The van der Waals surface area contributed by atoms with Gasteiger partial charge in [-0.2, -0.15) is 0 Å². The van der Waals surface area contributed by atoms with Crippen molar-refractivity contribution < 1.29 is 24.4 Å². The van der Waals surface area contributed by atoms with Crippen LogP contribution >= 0.6 is 0 Å². The number of carbonyl (C=O) groups excluding carboxylic acids is 2. The first-order valence-corrected chi connectivity index (χ1v) is 9.53. The normalized spacial score (nSPS) is 17.4. The molecule has 1 amide bonds. The lowest BCUT2D eigenvalue weighted by atomic mass is 9.95. The van der Waals surface area contributed by atoms with E-state index in [9.17, 15) is 24.8 Å². The molecule has 1 saturated heterocycles. The molecule has 0 unspecified atom stereocenters. The number of aromatic nitrogens is 1. The largest absolute Gasteiger partial charge is 0.507 e. The van der Waals surface area contributed by atoms with Crippen LogP contribution in [0.25, 0.3) is 5.76 Å². The summed E-state index contributed by atoms with van der Waals surface area (Å²) in [6, 6.07) is 15.7. The molecule has 4 rings (SSSR count). The van der Waals surface area contributed by atoms with E-state index in [4.69, 9.17) is 4.74 Å². The lowest BCUT2D eigenvalue weighted by Gasteiger charge is -2.24. The molecule has 32 heavy (non-hydrogen) atoms. The Labute approximate surface area is 182 Å². The van der Waals surface area contributed by atoms with E-state index in [0.29, 0.717) is 16.9 Å². The Morgan fingerprint density at radius 1 is 1.06 bits per heavy atom. The van der Waals surface area contributed by atoms with Crippen molar-refractivity contribution in [1.29, 1.82) is 0 Å². The van der Waals surface area contributed by atoms with E-state index in [1.54, 1.807) is 42.5 Å². The third kappa shape index (κ3) is 3.56.